The minimum atomic E-state index is -0.289. The predicted octanol–water partition coefficient (Wildman–Crippen LogP) is 2.39. The summed E-state index contributed by atoms with van der Waals surface area (Å²) in [5, 5.41) is 0. The van der Waals surface area contributed by atoms with Crippen molar-refractivity contribution in [2.24, 2.45) is 0 Å². The zero-order valence-corrected chi connectivity index (χ0v) is 15.5. The zero-order valence-electron chi connectivity index (χ0n) is 15.5. The third-order valence-corrected chi connectivity index (χ3v) is 5.83. The van der Waals surface area contributed by atoms with Crippen molar-refractivity contribution >= 4 is 5.91 Å². The third kappa shape index (κ3) is 4.59. The summed E-state index contributed by atoms with van der Waals surface area (Å²) in [6, 6.07) is 7.94. The van der Waals surface area contributed by atoms with E-state index < -0.39 is 0 Å². The monoisotopic (exact) mass is 347 g/mol. The third-order valence-electron chi connectivity index (χ3n) is 5.83. The lowest BCUT2D eigenvalue weighted by molar-refractivity contribution is -0.132. The Balaban J connectivity index is 1.42. The van der Waals surface area contributed by atoms with E-state index in [-0.39, 0.29) is 18.1 Å². The highest BCUT2D eigenvalue weighted by Gasteiger charge is 2.28. The number of likely N-dealkylation sites (tertiary alicyclic amines) is 1. The van der Waals surface area contributed by atoms with Gasteiger partial charge in [-0.1, -0.05) is 18.2 Å². The van der Waals surface area contributed by atoms with Gasteiger partial charge in [0.15, 0.2) is 0 Å². The Morgan fingerprint density at radius 1 is 1.04 bits per heavy atom. The summed E-state index contributed by atoms with van der Waals surface area (Å²) >= 11 is 0. The molecule has 1 aromatic carbocycles. The van der Waals surface area contributed by atoms with Crippen molar-refractivity contribution < 1.29 is 9.18 Å². The van der Waals surface area contributed by atoms with Crippen molar-refractivity contribution in [3.63, 3.8) is 0 Å². The number of benzene rings is 1. The van der Waals surface area contributed by atoms with Gasteiger partial charge in [0, 0.05) is 51.4 Å². The Morgan fingerprint density at radius 3 is 2.32 bits per heavy atom. The number of piperazine rings is 1. The van der Waals surface area contributed by atoms with Gasteiger partial charge in [0.05, 0.1) is 6.42 Å². The molecule has 4 nitrogen and oxygen atoms in total. The van der Waals surface area contributed by atoms with Gasteiger partial charge in [-0.2, -0.15) is 0 Å². The number of carbonyl (C=O) groups excluding carboxylic acids is 1. The quantitative estimate of drug-likeness (QED) is 0.818. The lowest BCUT2D eigenvalue weighted by Gasteiger charge is -2.36. The Labute approximate surface area is 150 Å². The smallest absolute Gasteiger partial charge is 0.227 e. The molecular weight excluding hydrogens is 317 g/mol. The zero-order chi connectivity index (χ0) is 17.8. The van der Waals surface area contributed by atoms with E-state index in [0.717, 1.165) is 39.3 Å². The Hall–Kier alpha value is -1.46. The molecule has 2 fully saturated rings. The first-order valence-corrected chi connectivity index (χ1v) is 9.54. The molecular formula is C20H30FN3O. The molecule has 0 aromatic heterocycles. The molecule has 1 amide bonds. The van der Waals surface area contributed by atoms with Crippen molar-refractivity contribution in [2.75, 3.05) is 39.3 Å². The molecule has 3 rings (SSSR count). The fraction of sp³-hybridized carbons (Fsp3) is 0.650. The summed E-state index contributed by atoms with van der Waals surface area (Å²) in [7, 11) is 0. The number of rotatable bonds is 5. The lowest BCUT2D eigenvalue weighted by atomic mass is 10.1. The predicted molar refractivity (Wildman–Crippen MR) is 98.0 cm³/mol. The van der Waals surface area contributed by atoms with Crippen molar-refractivity contribution in [3.8, 4) is 0 Å². The average Bonchev–Trinajstić information content (AvgIpc) is 2.93. The highest BCUT2D eigenvalue weighted by atomic mass is 19.1. The van der Waals surface area contributed by atoms with Gasteiger partial charge >= 0.3 is 0 Å². The van der Waals surface area contributed by atoms with Crippen molar-refractivity contribution in [2.45, 2.75) is 45.2 Å². The summed E-state index contributed by atoms with van der Waals surface area (Å²) in [5.74, 6) is -0.255. The molecule has 0 radical (unpaired) electrons. The summed E-state index contributed by atoms with van der Waals surface area (Å²) in [6.45, 7) is 10.2. The molecule has 2 heterocycles. The highest BCUT2D eigenvalue weighted by Crippen LogP contribution is 2.22. The molecule has 5 heteroatoms. The fourth-order valence-corrected chi connectivity index (χ4v) is 4.08. The number of hydrogen-bond donors (Lipinski definition) is 0. The maximum atomic E-state index is 13.7. The van der Waals surface area contributed by atoms with Crippen LogP contribution in [-0.2, 0) is 11.2 Å². The molecule has 0 aliphatic carbocycles. The molecule has 2 atom stereocenters. The van der Waals surface area contributed by atoms with E-state index in [1.54, 1.807) is 18.2 Å². The Morgan fingerprint density at radius 2 is 1.68 bits per heavy atom. The van der Waals surface area contributed by atoms with E-state index in [2.05, 4.69) is 23.6 Å². The lowest BCUT2D eigenvalue weighted by Crippen LogP contribution is -2.51. The first kappa shape index (κ1) is 18.3. The highest BCUT2D eigenvalue weighted by molar-refractivity contribution is 5.79. The summed E-state index contributed by atoms with van der Waals surface area (Å²) in [5.41, 5.74) is 0.493. The van der Waals surface area contributed by atoms with Crippen molar-refractivity contribution in [1.29, 1.82) is 0 Å². The van der Waals surface area contributed by atoms with Crippen molar-refractivity contribution in [1.82, 2.24) is 14.7 Å². The van der Waals surface area contributed by atoms with E-state index >= 15 is 0 Å². The second-order valence-electron chi connectivity index (χ2n) is 7.50. The van der Waals surface area contributed by atoms with Gasteiger partial charge in [0.1, 0.15) is 5.82 Å². The fourth-order valence-electron chi connectivity index (χ4n) is 4.08. The van der Waals surface area contributed by atoms with Crippen LogP contribution in [0.4, 0.5) is 4.39 Å². The van der Waals surface area contributed by atoms with Gasteiger partial charge in [-0.05, 0) is 38.3 Å². The van der Waals surface area contributed by atoms with Crippen LogP contribution in [0.25, 0.3) is 0 Å². The van der Waals surface area contributed by atoms with Crippen LogP contribution in [0.1, 0.15) is 32.3 Å². The van der Waals surface area contributed by atoms with E-state index in [1.807, 2.05) is 4.90 Å². The minimum Gasteiger partial charge on any atom is -0.340 e. The van der Waals surface area contributed by atoms with Crippen LogP contribution in [0, 0.1) is 5.82 Å². The van der Waals surface area contributed by atoms with Gasteiger partial charge < -0.3 is 4.90 Å². The van der Waals surface area contributed by atoms with Crippen LogP contribution in [0.2, 0.25) is 0 Å². The molecule has 2 aliphatic heterocycles. The average molecular weight is 347 g/mol. The standard InChI is InChI=1S/C20H30FN3O/c1-16-7-8-17(2)24(16)14-11-22-9-12-23(13-10-22)20(25)15-18-5-3-4-6-19(18)21/h3-6,16-17H,7-15H2,1-2H3/t16-,17-/m0/s1. The molecule has 0 spiro atoms. The molecule has 2 aliphatic rings. The van der Waals surface area contributed by atoms with E-state index in [0.29, 0.717) is 17.6 Å². The normalized spacial score (nSPS) is 25.5. The topological polar surface area (TPSA) is 26.8 Å². The van der Waals surface area contributed by atoms with Gasteiger partial charge in [-0.25, -0.2) is 4.39 Å². The molecule has 0 unspecified atom stereocenters. The first-order valence-electron chi connectivity index (χ1n) is 9.54. The first-order chi connectivity index (χ1) is 12.0. The number of halogens is 1. The molecule has 0 saturated carbocycles. The molecule has 0 bridgehead atoms. The Kier molecular flexibility index (Phi) is 6.07. The van der Waals surface area contributed by atoms with Crippen LogP contribution in [0.15, 0.2) is 24.3 Å². The minimum absolute atomic E-state index is 0.0338. The number of amides is 1. The number of nitrogens with zero attached hydrogens (tertiary/aromatic N) is 3. The van der Waals surface area contributed by atoms with Crippen LogP contribution in [0.3, 0.4) is 0 Å². The van der Waals surface area contributed by atoms with Crippen LogP contribution < -0.4 is 0 Å². The molecule has 138 valence electrons. The van der Waals surface area contributed by atoms with E-state index in [1.165, 1.54) is 18.9 Å². The summed E-state index contributed by atoms with van der Waals surface area (Å²) in [4.78, 5) is 19.3. The molecule has 0 N–H and O–H groups in total. The maximum absolute atomic E-state index is 13.7. The van der Waals surface area contributed by atoms with Crippen LogP contribution in [0.5, 0.6) is 0 Å². The summed E-state index contributed by atoms with van der Waals surface area (Å²) < 4.78 is 13.7. The molecule has 2 saturated heterocycles. The second kappa shape index (κ2) is 8.28. The van der Waals surface area contributed by atoms with Gasteiger partial charge in [-0.3, -0.25) is 14.6 Å². The van der Waals surface area contributed by atoms with Gasteiger partial charge in [0.25, 0.3) is 0 Å². The SMILES string of the molecule is C[C@H]1CC[C@H](C)N1CCN1CCN(C(=O)Cc2ccccc2F)CC1. The van der Waals surface area contributed by atoms with Gasteiger partial charge in [-0.15, -0.1) is 0 Å². The molecule has 25 heavy (non-hydrogen) atoms. The largest absolute Gasteiger partial charge is 0.340 e. The number of hydrogen-bond acceptors (Lipinski definition) is 3. The number of carbonyl (C=O) groups is 1. The second-order valence-corrected chi connectivity index (χ2v) is 7.50. The van der Waals surface area contributed by atoms with E-state index in [4.69, 9.17) is 0 Å². The summed E-state index contributed by atoms with van der Waals surface area (Å²) in [6.07, 6.45) is 2.77. The van der Waals surface area contributed by atoms with Crippen LogP contribution >= 0.6 is 0 Å². The van der Waals surface area contributed by atoms with Crippen LogP contribution in [-0.4, -0.2) is 72.0 Å². The Bertz CT molecular complexity index is 576. The molecule has 1 aromatic rings. The van der Waals surface area contributed by atoms with Crippen molar-refractivity contribution in [3.05, 3.63) is 35.6 Å². The maximum Gasteiger partial charge on any atom is 0.227 e. The van der Waals surface area contributed by atoms with E-state index in [9.17, 15) is 9.18 Å². The van der Waals surface area contributed by atoms with Gasteiger partial charge in [0.2, 0.25) is 5.91 Å².